The summed E-state index contributed by atoms with van der Waals surface area (Å²) in [7, 11) is 0. The summed E-state index contributed by atoms with van der Waals surface area (Å²) in [5.41, 5.74) is -1.09. The smallest absolute Gasteiger partial charge is 0.253 e. The van der Waals surface area contributed by atoms with Crippen LogP contribution >= 0.6 is 11.6 Å². The van der Waals surface area contributed by atoms with E-state index in [0.29, 0.717) is 54.4 Å². The second kappa shape index (κ2) is 13.6. The number of likely N-dealkylation sites (tertiary alicyclic amines) is 1. The first-order valence-corrected chi connectivity index (χ1v) is 16.5. The molecule has 5 rings (SSSR count). The van der Waals surface area contributed by atoms with Gasteiger partial charge in [-0.05, 0) is 69.0 Å². The van der Waals surface area contributed by atoms with E-state index in [4.69, 9.17) is 21.1 Å². The van der Waals surface area contributed by atoms with Gasteiger partial charge in [0, 0.05) is 18.8 Å². The molecule has 2 unspecified atom stereocenters. The van der Waals surface area contributed by atoms with Crippen molar-refractivity contribution in [1.82, 2.24) is 4.90 Å². The first-order chi connectivity index (χ1) is 22.2. The Hall–Kier alpha value is -3.66. The number of anilines is 2. The number of hydrogen-bond acceptors (Lipinski definition) is 6. The maximum absolute atomic E-state index is 14.9. The molecule has 246 valence electrons. The second-order valence-electron chi connectivity index (χ2n) is 12.2. The molecule has 0 radical (unpaired) electrons. The van der Waals surface area contributed by atoms with E-state index in [2.05, 4.69) is 13.2 Å². The topological polar surface area (TPSA) is 99.6 Å². The van der Waals surface area contributed by atoms with Crippen LogP contribution in [-0.2, 0) is 19.1 Å². The highest BCUT2D eigenvalue weighted by molar-refractivity contribution is 6.34. The van der Waals surface area contributed by atoms with Crippen LogP contribution in [0.5, 0.6) is 5.75 Å². The second-order valence-corrected chi connectivity index (χ2v) is 12.6. The Morgan fingerprint density at radius 1 is 1.07 bits per heavy atom. The summed E-state index contributed by atoms with van der Waals surface area (Å²) >= 11 is 6.59. The summed E-state index contributed by atoms with van der Waals surface area (Å²) in [5, 5.41) is 10.9. The molecule has 0 saturated carbocycles. The van der Waals surface area contributed by atoms with E-state index in [0.717, 1.165) is 0 Å². The van der Waals surface area contributed by atoms with E-state index in [1.54, 1.807) is 41.3 Å². The van der Waals surface area contributed by atoms with Crippen LogP contribution in [0.25, 0.3) is 0 Å². The fraction of sp³-hybridized carbons (Fsp3) is 0.472. The third-order valence-electron chi connectivity index (χ3n) is 9.95. The van der Waals surface area contributed by atoms with Gasteiger partial charge in [-0.25, -0.2) is 0 Å². The summed E-state index contributed by atoms with van der Waals surface area (Å²) in [6, 6.07) is 12.6. The lowest BCUT2D eigenvalue weighted by atomic mass is 9.64. The predicted octanol–water partition coefficient (Wildman–Crippen LogP) is 5.40. The largest absolute Gasteiger partial charge is 0.494 e. The van der Waals surface area contributed by atoms with Crippen LogP contribution in [0, 0.1) is 11.8 Å². The van der Waals surface area contributed by atoms with Crippen LogP contribution in [0.3, 0.4) is 0 Å². The molecule has 2 bridgehead atoms. The van der Waals surface area contributed by atoms with Gasteiger partial charge < -0.3 is 29.3 Å². The van der Waals surface area contributed by atoms with E-state index in [1.807, 2.05) is 45.0 Å². The zero-order chi connectivity index (χ0) is 33.2. The zero-order valence-corrected chi connectivity index (χ0v) is 27.6. The maximum Gasteiger partial charge on any atom is 0.253 e. The Labute approximate surface area is 276 Å². The number of nitrogens with zero attached hydrogens (tertiary/aromatic N) is 3. The van der Waals surface area contributed by atoms with Gasteiger partial charge in [0.05, 0.1) is 47.4 Å². The number of carbonyl (C=O) groups is 3. The monoisotopic (exact) mass is 649 g/mol. The van der Waals surface area contributed by atoms with Crippen molar-refractivity contribution in [2.75, 3.05) is 36.1 Å². The normalized spacial score (nSPS) is 26.8. The van der Waals surface area contributed by atoms with Gasteiger partial charge >= 0.3 is 0 Å². The molecule has 3 fully saturated rings. The number of halogens is 1. The third-order valence-corrected chi connectivity index (χ3v) is 10.3. The quantitative estimate of drug-likeness (QED) is 0.275. The molecule has 0 aromatic heterocycles. The molecule has 2 aromatic carbocycles. The molecule has 9 nitrogen and oxygen atoms in total. The standard InChI is InChI=1S/C36H44ClN3O6/c1-6-21-38(25-15-17-26(18-16-25)45-10-5)32(42)29-30-33(43)40(24(8-3)23-41)31(36(30)20-19-35(29,9-4)46-36)34(44)39(22-7-2)28-14-12-11-13-27(28)37/h6-7,11-18,24,29-31,41H,1-2,8-10,19-23H2,3-5H3/t24-,29-,30-,31?,35+,36?/m0/s1. The molecule has 2 aromatic rings. The van der Waals surface area contributed by atoms with Gasteiger partial charge in [0.15, 0.2) is 0 Å². The molecule has 1 N–H and O–H groups in total. The highest BCUT2D eigenvalue weighted by Crippen LogP contribution is 2.65. The lowest BCUT2D eigenvalue weighted by Crippen LogP contribution is -2.59. The van der Waals surface area contributed by atoms with E-state index in [-0.39, 0.29) is 37.4 Å². The number of rotatable bonds is 14. The molecular weight excluding hydrogens is 606 g/mol. The molecule has 1 spiro atoms. The molecule has 3 saturated heterocycles. The van der Waals surface area contributed by atoms with Gasteiger partial charge in [-0.15, -0.1) is 13.2 Å². The molecule has 0 aliphatic carbocycles. The van der Waals surface area contributed by atoms with E-state index in [1.165, 1.54) is 9.80 Å². The van der Waals surface area contributed by atoms with Gasteiger partial charge in [0.25, 0.3) is 5.91 Å². The fourth-order valence-corrected chi connectivity index (χ4v) is 8.12. The highest BCUT2D eigenvalue weighted by Gasteiger charge is 2.79. The van der Waals surface area contributed by atoms with Crippen LogP contribution < -0.4 is 14.5 Å². The van der Waals surface area contributed by atoms with Crippen LogP contribution in [0.4, 0.5) is 11.4 Å². The minimum Gasteiger partial charge on any atom is -0.494 e. The Morgan fingerprint density at radius 3 is 2.33 bits per heavy atom. The Bertz CT molecular complexity index is 1480. The van der Waals surface area contributed by atoms with Crippen LogP contribution in [0.2, 0.25) is 5.02 Å². The first-order valence-electron chi connectivity index (χ1n) is 16.1. The Balaban J connectivity index is 1.63. The predicted molar refractivity (Wildman–Crippen MR) is 179 cm³/mol. The van der Waals surface area contributed by atoms with E-state index >= 15 is 0 Å². The number of aliphatic hydroxyl groups excluding tert-OH is 1. The molecular formula is C36H44ClN3O6. The average molecular weight is 650 g/mol. The maximum atomic E-state index is 14.9. The number of ether oxygens (including phenoxy) is 2. The molecule has 3 aliphatic heterocycles. The summed E-state index contributed by atoms with van der Waals surface area (Å²) in [6.45, 7) is 14.0. The molecule has 10 heteroatoms. The average Bonchev–Trinajstić information content (AvgIpc) is 3.67. The number of fused-ring (bicyclic) bond motifs is 1. The van der Waals surface area contributed by atoms with Crippen LogP contribution in [0.1, 0.15) is 46.5 Å². The first kappa shape index (κ1) is 33.7. The van der Waals surface area contributed by atoms with Crippen LogP contribution in [-0.4, -0.2) is 77.3 Å². The minimum absolute atomic E-state index is 0.143. The van der Waals surface area contributed by atoms with E-state index in [9.17, 15) is 19.5 Å². The molecule has 6 atom stereocenters. The van der Waals surface area contributed by atoms with Gasteiger partial charge in [-0.3, -0.25) is 14.4 Å². The van der Waals surface area contributed by atoms with Gasteiger partial charge in [-0.1, -0.05) is 49.7 Å². The minimum atomic E-state index is -1.27. The van der Waals surface area contributed by atoms with Crippen molar-refractivity contribution in [2.45, 2.75) is 69.7 Å². The third kappa shape index (κ3) is 5.32. The van der Waals surface area contributed by atoms with Crippen LogP contribution in [0.15, 0.2) is 73.8 Å². The molecule has 46 heavy (non-hydrogen) atoms. The van der Waals surface area contributed by atoms with Crippen molar-refractivity contribution in [1.29, 1.82) is 0 Å². The molecule has 3 heterocycles. The van der Waals surface area contributed by atoms with Gasteiger partial charge in [0.2, 0.25) is 11.8 Å². The van der Waals surface area contributed by atoms with Crippen molar-refractivity contribution in [2.24, 2.45) is 11.8 Å². The summed E-state index contributed by atoms with van der Waals surface area (Å²) in [6.07, 6.45) is 5.09. The number of amides is 3. The van der Waals surface area contributed by atoms with Crippen molar-refractivity contribution in [3.8, 4) is 5.75 Å². The molecule has 3 aliphatic rings. The lowest BCUT2D eigenvalue weighted by molar-refractivity contribution is -0.149. The summed E-state index contributed by atoms with van der Waals surface area (Å²) in [5.74, 6) is -2.08. The lowest BCUT2D eigenvalue weighted by Gasteiger charge is -2.39. The number of para-hydroxylation sites is 1. The van der Waals surface area contributed by atoms with Crippen molar-refractivity contribution in [3.63, 3.8) is 0 Å². The number of carbonyl (C=O) groups excluding carboxylic acids is 3. The number of benzene rings is 2. The number of hydrogen-bond donors (Lipinski definition) is 1. The van der Waals surface area contributed by atoms with E-state index < -0.39 is 35.1 Å². The Kier molecular flexibility index (Phi) is 9.96. The van der Waals surface area contributed by atoms with Gasteiger partial charge in [-0.2, -0.15) is 0 Å². The number of aliphatic hydroxyl groups is 1. The van der Waals surface area contributed by atoms with Crippen molar-refractivity contribution in [3.05, 3.63) is 78.9 Å². The SMILES string of the molecule is C=CCN(C(=O)[C@@H]1[C@H]2C(=O)N([C@@H](CC)CO)C(C(=O)N(CC=C)c3ccccc3Cl)C23CC[C@@]1(CC)O3)c1ccc(OCC)cc1. The highest BCUT2D eigenvalue weighted by atomic mass is 35.5. The zero-order valence-electron chi connectivity index (χ0n) is 26.9. The summed E-state index contributed by atoms with van der Waals surface area (Å²) in [4.78, 5) is 49.1. The molecule has 3 amide bonds. The fourth-order valence-electron chi connectivity index (χ4n) is 7.88. The summed E-state index contributed by atoms with van der Waals surface area (Å²) < 4.78 is 12.6. The Morgan fingerprint density at radius 2 is 1.74 bits per heavy atom. The van der Waals surface area contributed by atoms with Crippen molar-refractivity contribution >= 4 is 40.7 Å². The van der Waals surface area contributed by atoms with Crippen molar-refractivity contribution < 1.29 is 29.0 Å². The van der Waals surface area contributed by atoms with Gasteiger partial charge in [0.1, 0.15) is 17.4 Å².